The average molecular weight is 215 g/mol. The van der Waals surface area contributed by atoms with Gasteiger partial charge in [0.05, 0.1) is 0 Å². The second-order valence-corrected chi connectivity index (χ2v) is 4.55. The van der Waals surface area contributed by atoms with Crippen molar-refractivity contribution in [3.63, 3.8) is 0 Å². The SMILES string of the molecule is CC(=O)c1ccc(C(C)=O)[se]1. The van der Waals surface area contributed by atoms with E-state index in [4.69, 9.17) is 0 Å². The van der Waals surface area contributed by atoms with E-state index in [1.807, 2.05) is 0 Å². The summed E-state index contributed by atoms with van der Waals surface area (Å²) in [6, 6.07) is 3.50. The average Bonchev–Trinajstić information content (AvgIpc) is 2.33. The van der Waals surface area contributed by atoms with Crippen LogP contribution in [-0.2, 0) is 0 Å². The van der Waals surface area contributed by atoms with Crippen LogP contribution in [0.3, 0.4) is 0 Å². The van der Waals surface area contributed by atoms with E-state index in [2.05, 4.69) is 0 Å². The summed E-state index contributed by atoms with van der Waals surface area (Å²) < 4.78 is 1.59. The van der Waals surface area contributed by atoms with Crippen molar-refractivity contribution < 1.29 is 9.59 Å². The summed E-state index contributed by atoms with van der Waals surface area (Å²) in [5.74, 6) is 0.162. The molecule has 0 amide bonds. The molecule has 0 radical (unpaired) electrons. The van der Waals surface area contributed by atoms with Crippen LogP contribution in [0.2, 0.25) is 0 Å². The zero-order valence-electron chi connectivity index (χ0n) is 6.38. The van der Waals surface area contributed by atoms with Crippen molar-refractivity contribution in [3.05, 3.63) is 21.0 Å². The number of rotatable bonds is 2. The van der Waals surface area contributed by atoms with Gasteiger partial charge in [-0.1, -0.05) is 0 Å². The fourth-order valence-corrected chi connectivity index (χ4v) is 2.39. The van der Waals surface area contributed by atoms with Crippen molar-refractivity contribution in [3.8, 4) is 0 Å². The van der Waals surface area contributed by atoms with Gasteiger partial charge in [-0.25, -0.2) is 0 Å². The molecule has 1 heterocycles. The van der Waals surface area contributed by atoms with Crippen LogP contribution in [-0.4, -0.2) is 26.1 Å². The van der Waals surface area contributed by atoms with Crippen LogP contribution in [0.15, 0.2) is 12.1 Å². The summed E-state index contributed by atoms with van der Waals surface area (Å²) in [7, 11) is 0. The van der Waals surface area contributed by atoms with Crippen molar-refractivity contribution >= 4 is 26.1 Å². The van der Waals surface area contributed by atoms with Crippen LogP contribution in [0.5, 0.6) is 0 Å². The zero-order chi connectivity index (χ0) is 8.43. The minimum atomic E-state index is -0.0301. The van der Waals surface area contributed by atoms with E-state index in [0.717, 1.165) is 8.87 Å². The standard InChI is InChI=1S/C8H8O2Se/c1-5(9)7-3-4-8(11-7)6(2)10/h3-4H,1-2H3. The number of Topliss-reactive ketones (excluding diaryl/α,β-unsaturated/α-hetero) is 2. The molecule has 2 nitrogen and oxygen atoms in total. The van der Waals surface area contributed by atoms with E-state index in [1.165, 1.54) is 13.8 Å². The number of hydrogen-bond acceptors (Lipinski definition) is 2. The Bertz CT molecular complexity index is 270. The number of ketones is 2. The van der Waals surface area contributed by atoms with Gasteiger partial charge in [0, 0.05) is 0 Å². The molecule has 0 atom stereocenters. The molecule has 0 aliphatic rings. The maximum atomic E-state index is 10.8. The van der Waals surface area contributed by atoms with Gasteiger partial charge in [0.15, 0.2) is 0 Å². The third-order valence-electron chi connectivity index (χ3n) is 1.30. The van der Waals surface area contributed by atoms with Gasteiger partial charge in [-0.05, 0) is 0 Å². The van der Waals surface area contributed by atoms with Crippen LogP contribution in [0, 0.1) is 0 Å². The molecule has 11 heavy (non-hydrogen) atoms. The van der Waals surface area contributed by atoms with E-state index in [1.54, 1.807) is 12.1 Å². The van der Waals surface area contributed by atoms with Crippen molar-refractivity contribution in [2.24, 2.45) is 0 Å². The van der Waals surface area contributed by atoms with Crippen molar-refractivity contribution in [2.45, 2.75) is 13.8 Å². The molecule has 0 aliphatic carbocycles. The van der Waals surface area contributed by atoms with Crippen molar-refractivity contribution in [2.75, 3.05) is 0 Å². The first kappa shape index (κ1) is 8.44. The first-order chi connectivity index (χ1) is 5.11. The molecular formula is C8H8O2Se. The molecular weight excluding hydrogens is 207 g/mol. The Balaban J connectivity index is 2.99. The minimum absolute atomic E-state index is 0.0301. The molecule has 0 saturated heterocycles. The van der Waals surface area contributed by atoms with E-state index >= 15 is 0 Å². The normalized spacial score (nSPS) is 9.64. The molecule has 0 bridgehead atoms. The summed E-state index contributed by atoms with van der Waals surface area (Å²) in [6.07, 6.45) is 0. The Hall–Kier alpha value is -0.661. The molecule has 1 aromatic rings. The van der Waals surface area contributed by atoms with E-state index in [9.17, 15) is 9.59 Å². The van der Waals surface area contributed by atoms with Gasteiger partial charge in [-0.15, -0.1) is 0 Å². The zero-order valence-corrected chi connectivity index (χ0v) is 8.09. The van der Waals surface area contributed by atoms with Gasteiger partial charge in [-0.3, -0.25) is 0 Å². The maximum absolute atomic E-state index is 10.8. The molecule has 0 aromatic carbocycles. The Labute approximate surface area is 71.0 Å². The molecule has 58 valence electrons. The molecule has 1 rings (SSSR count). The third-order valence-corrected chi connectivity index (χ3v) is 4.00. The van der Waals surface area contributed by atoms with Crippen LogP contribution in [0.25, 0.3) is 0 Å². The Morgan fingerprint density at radius 2 is 1.45 bits per heavy atom. The summed E-state index contributed by atoms with van der Waals surface area (Å²) >= 11 is -0.0301. The van der Waals surface area contributed by atoms with E-state index < -0.39 is 0 Å². The summed E-state index contributed by atoms with van der Waals surface area (Å²) in [5.41, 5.74) is 0. The van der Waals surface area contributed by atoms with Gasteiger partial charge in [0.1, 0.15) is 0 Å². The Kier molecular flexibility index (Phi) is 2.42. The first-order valence-electron chi connectivity index (χ1n) is 3.23. The molecule has 1 aromatic heterocycles. The predicted molar refractivity (Wildman–Crippen MR) is 43.4 cm³/mol. The quantitative estimate of drug-likeness (QED) is 0.547. The Morgan fingerprint density at radius 3 is 1.64 bits per heavy atom. The molecule has 0 unspecified atom stereocenters. The molecule has 0 spiro atoms. The fraction of sp³-hybridized carbons (Fsp3) is 0.250. The molecule has 0 N–H and O–H groups in total. The van der Waals surface area contributed by atoms with Crippen LogP contribution in [0.1, 0.15) is 32.3 Å². The van der Waals surface area contributed by atoms with Gasteiger partial charge in [0.2, 0.25) is 0 Å². The van der Waals surface area contributed by atoms with E-state index in [-0.39, 0.29) is 26.1 Å². The fourth-order valence-electron chi connectivity index (χ4n) is 0.716. The van der Waals surface area contributed by atoms with Gasteiger partial charge < -0.3 is 0 Å². The summed E-state index contributed by atoms with van der Waals surface area (Å²) in [6.45, 7) is 3.06. The number of carbonyl (C=O) groups excluding carboxylic acids is 2. The summed E-state index contributed by atoms with van der Waals surface area (Å²) in [4.78, 5) is 21.6. The molecule has 3 heteroatoms. The van der Waals surface area contributed by atoms with Gasteiger partial charge in [0.25, 0.3) is 0 Å². The van der Waals surface area contributed by atoms with Crippen molar-refractivity contribution in [1.29, 1.82) is 0 Å². The van der Waals surface area contributed by atoms with Crippen LogP contribution in [0.4, 0.5) is 0 Å². The molecule has 0 saturated carbocycles. The predicted octanol–water partition coefficient (Wildman–Crippen LogP) is 1.15. The van der Waals surface area contributed by atoms with Gasteiger partial charge in [-0.2, -0.15) is 0 Å². The first-order valence-corrected chi connectivity index (χ1v) is 4.94. The van der Waals surface area contributed by atoms with Crippen molar-refractivity contribution in [1.82, 2.24) is 0 Å². The van der Waals surface area contributed by atoms with Crippen LogP contribution < -0.4 is 0 Å². The van der Waals surface area contributed by atoms with E-state index in [0.29, 0.717) is 0 Å². The summed E-state index contributed by atoms with van der Waals surface area (Å²) in [5, 5.41) is 0. The van der Waals surface area contributed by atoms with Crippen LogP contribution >= 0.6 is 0 Å². The second-order valence-electron chi connectivity index (χ2n) is 2.28. The number of carbonyl (C=O) groups is 2. The number of hydrogen-bond donors (Lipinski definition) is 0. The topological polar surface area (TPSA) is 34.1 Å². The monoisotopic (exact) mass is 216 g/mol. The second kappa shape index (κ2) is 3.16. The third kappa shape index (κ3) is 1.88. The molecule has 0 aliphatic heterocycles. The Morgan fingerprint density at radius 1 is 1.09 bits per heavy atom. The molecule has 0 fully saturated rings. The van der Waals surface area contributed by atoms with Gasteiger partial charge >= 0.3 is 70.5 Å².